The summed E-state index contributed by atoms with van der Waals surface area (Å²) in [6, 6.07) is 12.3. The first-order valence-electron chi connectivity index (χ1n) is 5.97. The minimum Gasteiger partial charge on any atom is -0.370 e. The van der Waals surface area contributed by atoms with Crippen LogP contribution in [0.2, 0.25) is 5.02 Å². The predicted molar refractivity (Wildman–Crippen MR) is 77.8 cm³/mol. The summed E-state index contributed by atoms with van der Waals surface area (Å²) in [5, 5.41) is 6.29. The van der Waals surface area contributed by atoms with Gasteiger partial charge in [-0.1, -0.05) is 29.8 Å². The highest BCUT2D eigenvalue weighted by molar-refractivity contribution is 6.33. The van der Waals surface area contributed by atoms with Crippen LogP contribution < -0.4 is 10.6 Å². The zero-order valence-electron chi connectivity index (χ0n) is 10.5. The van der Waals surface area contributed by atoms with E-state index in [4.69, 9.17) is 11.6 Å². The van der Waals surface area contributed by atoms with Gasteiger partial charge in [0.15, 0.2) is 0 Å². The van der Waals surface area contributed by atoms with Crippen molar-refractivity contribution < 1.29 is 4.79 Å². The highest BCUT2D eigenvalue weighted by Gasteiger charge is 2.09. The highest BCUT2D eigenvalue weighted by atomic mass is 35.5. The molecule has 0 saturated carbocycles. The number of carbonyl (C=O) groups is 1. The van der Waals surface area contributed by atoms with Crippen molar-refractivity contribution in [3.63, 3.8) is 0 Å². The lowest BCUT2D eigenvalue weighted by Crippen LogP contribution is -2.14. The average Bonchev–Trinajstić information content (AvgIpc) is 2.42. The first-order chi connectivity index (χ1) is 9.20. The molecule has 0 radical (unpaired) electrons. The fourth-order valence-electron chi connectivity index (χ4n) is 1.59. The summed E-state index contributed by atoms with van der Waals surface area (Å²) < 4.78 is 0. The molecule has 2 aromatic rings. The lowest BCUT2D eigenvalue weighted by molar-refractivity contribution is 0.102. The normalized spacial score (nSPS) is 10.0. The largest absolute Gasteiger partial charge is 0.370 e. The lowest BCUT2D eigenvalue weighted by Gasteiger charge is -2.08. The lowest BCUT2D eigenvalue weighted by atomic mass is 10.3. The second-order valence-electron chi connectivity index (χ2n) is 3.87. The van der Waals surface area contributed by atoms with Crippen LogP contribution >= 0.6 is 11.6 Å². The van der Waals surface area contributed by atoms with Gasteiger partial charge in [-0.2, -0.15) is 0 Å². The Balaban J connectivity index is 2.16. The number of aromatic nitrogens is 1. The van der Waals surface area contributed by atoms with Crippen LogP contribution in [0.5, 0.6) is 0 Å². The van der Waals surface area contributed by atoms with E-state index in [-0.39, 0.29) is 5.91 Å². The molecule has 0 aliphatic carbocycles. The van der Waals surface area contributed by atoms with Crippen LogP contribution in [0.1, 0.15) is 17.4 Å². The number of hydrogen-bond acceptors (Lipinski definition) is 3. The molecule has 5 heteroatoms. The maximum absolute atomic E-state index is 12.1. The Labute approximate surface area is 116 Å². The van der Waals surface area contributed by atoms with E-state index >= 15 is 0 Å². The Bertz CT molecular complexity index is 586. The van der Waals surface area contributed by atoms with Crippen molar-refractivity contribution in [1.82, 2.24) is 4.98 Å². The SMILES string of the molecule is CCNc1cccc(C(=O)Nc2ccccc2Cl)n1. The van der Waals surface area contributed by atoms with Gasteiger partial charge >= 0.3 is 0 Å². The number of carbonyl (C=O) groups excluding carboxylic acids is 1. The van der Waals surface area contributed by atoms with E-state index in [0.29, 0.717) is 22.2 Å². The van der Waals surface area contributed by atoms with Crippen molar-refractivity contribution in [2.45, 2.75) is 6.92 Å². The molecule has 1 aromatic heterocycles. The molecule has 0 fully saturated rings. The molecular formula is C14H14ClN3O. The van der Waals surface area contributed by atoms with Crippen LogP contribution in [-0.4, -0.2) is 17.4 Å². The van der Waals surface area contributed by atoms with Gasteiger partial charge in [-0.15, -0.1) is 0 Å². The van der Waals surface area contributed by atoms with Gasteiger partial charge in [0.2, 0.25) is 0 Å². The summed E-state index contributed by atoms with van der Waals surface area (Å²) in [7, 11) is 0. The van der Waals surface area contributed by atoms with Gasteiger partial charge in [0.05, 0.1) is 10.7 Å². The molecule has 1 aromatic carbocycles. The number of nitrogens with one attached hydrogen (secondary N) is 2. The quantitative estimate of drug-likeness (QED) is 0.899. The molecule has 0 aliphatic heterocycles. The first kappa shape index (κ1) is 13.4. The Kier molecular flexibility index (Phi) is 4.36. The Hall–Kier alpha value is -2.07. The molecule has 0 spiro atoms. The number of benzene rings is 1. The maximum Gasteiger partial charge on any atom is 0.274 e. The second-order valence-corrected chi connectivity index (χ2v) is 4.28. The van der Waals surface area contributed by atoms with Gasteiger partial charge in [0.25, 0.3) is 5.91 Å². The van der Waals surface area contributed by atoms with E-state index in [1.165, 1.54) is 0 Å². The summed E-state index contributed by atoms with van der Waals surface area (Å²) in [4.78, 5) is 16.3. The minimum absolute atomic E-state index is 0.284. The molecule has 0 bridgehead atoms. The van der Waals surface area contributed by atoms with E-state index in [1.807, 2.05) is 25.1 Å². The summed E-state index contributed by atoms with van der Waals surface area (Å²) in [6.07, 6.45) is 0. The Morgan fingerprint density at radius 2 is 2.00 bits per heavy atom. The summed E-state index contributed by atoms with van der Waals surface area (Å²) in [6.45, 7) is 2.72. The topological polar surface area (TPSA) is 54.0 Å². The first-order valence-corrected chi connectivity index (χ1v) is 6.35. The van der Waals surface area contributed by atoms with Crippen LogP contribution in [-0.2, 0) is 0 Å². The molecule has 1 heterocycles. The van der Waals surface area contributed by atoms with E-state index < -0.39 is 0 Å². The number of para-hydroxylation sites is 1. The molecule has 4 nitrogen and oxygen atoms in total. The molecule has 19 heavy (non-hydrogen) atoms. The summed E-state index contributed by atoms with van der Waals surface area (Å²) >= 11 is 5.99. The number of rotatable bonds is 4. The van der Waals surface area contributed by atoms with Gasteiger partial charge in [-0.25, -0.2) is 4.98 Å². The fourth-order valence-corrected chi connectivity index (χ4v) is 1.77. The molecule has 0 atom stereocenters. The fraction of sp³-hybridized carbons (Fsp3) is 0.143. The Morgan fingerprint density at radius 1 is 1.21 bits per heavy atom. The van der Waals surface area contributed by atoms with Gasteiger partial charge in [-0.05, 0) is 31.2 Å². The van der Waals surface area contributed by atoms with Crippen molar-refractivity contribution in [2.75, 3.05) is 17.2 Å². The second kappa shape index (κ2) is 6.20. The monoisotopic (exact) mass is 275 g/mol. The van der Waals surface area contributed by atoms with Crippen molar-refractivity contribution in [3.8, 4) is 0 Å². The standard InChI is InChI=1S/C14H14ClN3O/c1-2-16-13-9-5-8-12(17-13)14(19)18-11-7-4-3-6-10(11)15/h3-9H,2H2,1H3,(H,16,17)(H,18,19). The number of amides is 1. The van der Waals surface area contributed by atoms with Crippen LogP contribution in [0.15, 0.2) is 42.5 Å². The van der Waals surface area contributed by atoms with Crippen molar-refractivity contribution in [3.05, 3.63) is 53.2 Å². The molecule has 98 valence electrons. The third kappa shape index (κ3) is 3.45. The predicted octanol–water partition coefficient (Wildman–Crippen LogP) is 3.42. The molecule has 2 N–H and O–H groups in total. The van der Waals surface area contributed by atoms with Gasteiger partial charge in [-0.3, -0.25) is 4.79 Å². The molecule has 0 aliphatic rings. The zero-order chi connectivity index (χ0) is 13.7. The minimum atomic E-state index is -0.284. The van der Waals surface area contributed by atoms with E-state index in [9.17, 15) is 4.79 Å². The highest BCUT2D eigenvalue weighted by Crippen LogP contribution is 2.21. The Morgan fingerprint density at radius 3 is 2.74 bits per heavy atom. The van der Waals surface area contributed by atoms with Crippen molar-refractivity contribution in [2.24, 2.45) is 0 Å². The number of pyridine rings is 1. The molecule has 0 unspecified atom stereocenters. The van der Waals surface area contributed by atoms with Gasteiger partial charge < -0.3 is 10.6 Å². The molecule has 1 amide bonds. The third-order valence-corrected chi connectivity index (χ3v) is 2.79. The van der Waals surface area contributed by atoms with Crippen molar-refractivity contribution in [1.29, 1.82) is 0 Å². The number of nitrogens with zero attached hydrogens (tertiary/aromatic N) is 1. The summed E-state index contributed by atoms with van der Waals surface area (Å²) in [5.74, 6) is 0.391. The van der Waals surface area contributed by atoms with Gasteiger partial charge in [0, 0.05) is 6.54 Å². The number of halogens is 1. The molecule has 2 rings (SSSR count). The van der Waals surface area contributed by atoms with Crippen LogP contribution in [0.25, 0.3) is 0 Å². The average molecular weight is 276 g/mol. The van der Waals surface area contributed by atoms with Gasteiger partial charge in [0.1, 0.15) is 11.5 Å². The number of hydrogen-bond donors (Lipinski definition) is 2. The van der Waals surface area contributed by atoms with Crippen molar-refractivity contribution >= 4 is 29.0 Å². The van der Waals surface area contributed by atoms with E-state index in [1.54, 1.807) is 24.3 Å². The molecule has 0 saturated heterocycles. The van der Waals surface area contributed by atoms with Crippen LogP contribution in [0, 0.1) is 0 Å². The third-order valence-electron chi connectivity index (χ3n) is 2.46. The maximum atomic E-state index is 12.1. The van der Waals surface area contributed by atoms with Crippen LogP contribution in [0.4, 0.5) is 11.5 Å². The van der Waals surface area contributed by atoms with E-state index in [2.05, 4.69) is 15.6 Å². The van der Waals surface area contributed by atoms with Crippen LogP contribution in [0.3, 0.4) is 0 Å². The zero-order valence-corrected chi connectivity index (χ0v) is 11.2. The molecular weight excluding hydrogens is 262 g/mol. The smallest absolute Gasteiger partial charge is 0.274 e. The number of anilines is 2. The van der Waals surface area contributed by atoms with E-state index in [0.717, 1.165) is 6.54 Å². The summed E-state index contributed by atoms with van der Waals surface area (Å²) in [5.41, 5.74) is 0.920.